The Bertz CT molecular complexity index is 1080. The van der Waals surface area contributed by atoms with Crippen molar-refractivity contribution in [3.05, 3.63) is 86.7 Å². The van der Waals surface area contributed by atoms with E-state index in [0.29, 0.717) is 31.9 Å². The monoisotopic (exact) mass is 405 g/mol. The van der Waals surface area contributed by atoms with Gasteiger partial charge in [0.2, 0.25) is 0 Å². The van der Waals surface area contributed by atoms with Gasteiger partial charge in [0.15, 0.2) is 0 Å². The van der Waals surface area contributed by atoms with E-state index in [4.69, 9.17) is 0 Å². The van der Waals surface area contributed by atoms with Gasteiger partial charge in [0, 0.05) is 38.3 Å². The number of hydrogen-bond donors (Lipinski definition) is 2. The Morgan fingerprint density at radius 3 is 2.03 bits per heavy atom. The highest BCUT2D eigenvalue weighted by atomic mass is 16.4. The van der Waals surface area contributed by atoms with Crippen molar-refractivity contribution in [2.45, 2.75) is 12.5 Å². The molecule has 0 saturated carbocycles. The van der Waals surface area contributed by atoms with Crippen LogP contribution in [0.15, 0.2) is 70.3 Å². The molecule has 1 unspecified atom stereocenters. The van der Waals surface area contributed by atoms with Crippen LogP contribution in [-0.2, 0) is 11.2 Å². The predicted octanol–water partition coefficient (Wildman–Crippen LogP) is 1.72. The number of hydrogen-bond acceptors (Lipinski definition) is 6. The fourth-order valence-corrected chi connectivity index (χ4v) is 3.87. The molecule has 0 aliphatic carbocycles. The summed E-state index contributed by atoms with van der Waals surface area (Å²) in [5.41, 5.74) is 1.20. The summed E-state index contributed by atoms with van der Waals surface area (Å²) in [6.07, 6.45) is 0.218. The van der Waals surface area contributed by atoms with Crippen LogP contribution >= 0.6 is 0 Å². The Labute approximate surface area is 173 Å². The van der Waals surface area contributed by atoms with Crippen LogP contribution in [0.4, 0.5) is 17.1 Å². The number of carboxylic acids is 1. The molecule has 0 bridgehead atoms. The van der Waals surface area contributed by atoms with E-state index in [1.165, 1.54) is 0 Å². The summed E-state index contributed by atoms with van der Waals surface area (Å²) >= 11 is 0. The Morgan fingerprint density at radius 1 is 0.867 bits per heavy atom. The van der Waals surface area contributed by atoms with Gasteiger partial charge in [-0.05, 0) is 17.7 Å². The van der Waals surface area contributed by atoms with E-state index < -0.39 is 22.9 Å². The number of nitrogens with zero attached hydrogens (tertiary/aromatic N) is 2. The molecule has 0 spiro atoms. The summed E-state index contributed by atoms with van der Waals surface area (Å²) in [6.45, 7) is 2.61. The third kappa shape index (κ3) is 3.91. The van der Waals surface area contributed by atoms with Crippen molar-refractivity contribution in [2.24, 2.45) is 0 Å². The zero-order valence-corrected chi connectivity index (χ0v) is 16.5. The van der Waals surface area contributed by atoms with Gasteiger partial charge < -0.3 is 20.2 Å². The summed E-state index contributed by atoms with van der Waals surface area (Å²) in [5.74, 6) is -1.06. The highest BCUT2D eigenvalue weighted by molar-refractivity contribution is 5.83. The first-order valence-corrected chi connectivity index (χ1v) is 9.96. The fourth-order valence-electron chi connectivity index (χ4n) is 3.87. The molecule has 7 nitrogen and oxygen atoms in total. The first-order chi connectivity index (χ1) is 14.5. The zero-order valence-electron chi connectivity index (χ0n) is 16.5. The highest BCUT2D eigenvalue weighted by Gasteiger charge is 2.31. The summed E-state index contributed by atoms with van der Waals surface area (Å²) in [6, 6.07) is 18.2. The largest absolute Gasteiger partial charge is 0.480 e. The summed E-state index contributed by atoms with van der Waals surface area (Å²) in [4.78, 5) is 40.4. The normalized spacial score (nSPS) is 15.2. The van der Waals surface area contributed by atoms with Crippen LogP contribution in [0.25, 0.3) is 0 Å². The molecule has 2 N–H and O–H groups in total. The number of carbonyl (C=O) groups is 1. The second-order valence-electron chi connectivity index (χ2n) is 7.42. The molecule has 1 fully saturated rings. The molecule has 0 amide bonds. The number of aliphatic carboxylic acids is 1. The van der Waals surface area contributed by atoms with Crippen LogP contribution in [0.5, 0.6) is 0 Å². The maximum Gasteiger partial charge on any atom is 0.326 e. The molecule has 7 heteroatoms. The van der Waals surface area contributed by atoms with Gasteiger partial charge in [0.25, 0.3) is 10.9 Å². The first-order valence-electron chi connectivity index (χ1n) is 9.96. The SMILES string of the molecule is O=C(O)C(Cc1ccccc1)Nc1c(N2CCN(c3ccccc3)CC2)c(=O)c1=O. The minimum absolute atomic E-state index is 0.122. The molecule has 3 aromatic carbocycles. The second-order valence-corrected chi connectivity index (χ2v) is 7.42. The van der Waals surface area contributed by atoms with E-state index in [1.807, 2.05) is 65.6 Å². The van der Waals surface area contributed by atoms with E-state index >= 15 is 0 Å². The fraction of sp³-hybridized carbons (Fsp3) is 0.261. The van der Waals surface area contributed by atoms with Crippen molar-refractivity contribution in [2.75, 3.05) is 41.3 Å². The van der Waals surface area contributed by atoms with E-state index in [2.05, 4.69) is 10.2 Å². The van der Waals surface area contributed by atoms with Crippen LogP contribution < -0.4 is 26.0 Å². The van der Waals surface area contributed by atoms with Crippen LogP contribution in [0.2, 0.25) is 0 Å². The molecule has 1 saturated heterocycles. The average molecular weight is 405 g/mol. The van der Waals surface area contributed by atoms with Crippen molar-refractivity contribution < 1.29 is 9.90 Å². The molecule has 4 rings (SSSR count). The molecule has 1 aliphatic heterocycles. The summed E-state index contributed by atoms with van der Waals surface area (Å²) < 4.78 is 0. The Kier molecular flexibility index (Phi) is 5.52. The van der Waals surface area contributed by atoms with E-state index in [-0.39, 0.29) is 12.1 Å². The minimum atomic E-state index is -1.06. The van der Waals surface area contributed by atoms with Gasteiger partial charge in [-0.2, -0.15) is 0 Å². The number of nitrogens with one attached hydrogen (secondary N) is 1. The second kappa shape index (κ2) is 8.41. The standard InChI is InChI=1S/C23H23N3O4/c27-21-19(24-18(23(29)30)15-16-7-3-1-4-8-16)20(22(21)28)26-13-11-25(12-14-26)17-9-5-2-6-10-17/h1-10,18,24H,11-15H2,(H,29,30). The van der Waals surface area contributed by atoms with Crippen molar-refractivity contribution in [1.29, 1.82) is 0 Å². The highest BCUT2D eigenvalue weighted by Crippen LogP contribution is 2.24. The maximum atomic E-state index is 12.3. The van der Waals surface area contributed by atoms with Gasteiger partial charge in [-0.1, -0.05) is 48.5 Å². The molecule has 1 heterocycles. The summed E-state index contributed by atoms with van der Waals surface area (Å²) in [7, 11) is 0. The van der Waals surface area contributed by atoms with Crippen LogP contribution in [-0.4, -0.2) is 43.3 Å². The van der Waals surface area contributed by atoms with Crippen molar-refractivity contribution in [3.8, 4) is 0 Å². The summed E-state index contributed by atoms with van der Waals surface area (Å²) in [5, 5.41) is 12.4. The number of anilines is 3. The van der Waals surface area contributed by atoms with Crippen LogP contribution in [0.1, 0.15) is 5.56 Å². The van der Waals surface area contributed by atoms with Crippen LogP contribution in [0.3, 0.4) is 0 Å². The van der Waals surface area contributed by atoms with Gasteiger partial charge in [-0.25, -0.2) is 4.79 Å². The van der Waals surface area contributed by atoms with Crippen molar-refractivity contribution in [3.63, 3.8) is 0 Å². The lowest BCUT2D eigenvalue weighted by Crippen LogP contribution is -2.52. The molecular weight excluding hydrogens is 382 g/mol. The number of rotatable bonds is 7. The Morgan fingerprint density at radius 2 is 1.43 bits per heavy atom. The topological polar surface area (TPSA) is 89.9 Å². The van der Waals surface area contributed by atoms with E-state index in [1.54, 1.807) is 0 Å². The quantitative estimate of drug-likeness (QED) is 0.579. The molecule has 0 aromatic heterocycles. The molecule has 30 heavy (non-hydrogen) atoms. The molecular formula is C23H23N3O4. The van der Waals surface area contributed by atoms with Gasteiger partial charge in [-0.3, -0.25) is 9.59 Å². The van der Waals surface area contributed by atoms with Gasteiger partial charge in [0.05, 0.1) is 0 Å². The van der Waals surface area contributed by atoms with E-state index in [0.717, 1.165) is 11.3 Å². The predicted molar refractivity (Wildman–Crippen MR) is 117 cm³/mol. The van der Waals surface area contributed by atoms with Crippen molar-refractivity contribution >= 4 is 23.0 Å². The lowest BCUT2D eigenvalue weighted by molar-refractivity contribution is -0.137. The molecule has 0 radical (unpaired) electrons. The smallest absolute Gasteiger partial charge is 0.326 e. The van der Waals surface area contributed by atoms with E-state index in [9.17, 15) is 19.5 Å². The van der Waals surface area contributed by atoms with Gasteiger partial charge >= 0.3 is 5.97 Å². The zero-order chi connectivity index (χ0) is 21.1. The van der Waals surface area contributed by atoms with Gasteiger partial charge in [0.1, 0.15) is 17.4 Å². The molecule has 3 aromatic rings. The lowest BCUT2D eigenvalue weighted by Gasteiger charge is -2.38. The average Bonchev–Trinajstić information content (AvgIpc) is 2.79. The number of piperazine rings is 1. The molecule has 154 valence electrons. The van der Waals surface area contributed by atoms with Crippen molar-refractivity contribution in [1.82, 2.24) is 0 Å². The third-order valence-corrected chi connectivity index (χ3v) is 5.50. The molecule has 1 atom stereocenters. The third-order valence-electron chi connectivity index (χ3n) is 5.50. The maximum absolute atomic E-state index is 12.3. The first kappa shape index (κ1) is 19.7. The van der Waals surface area contributed by atoms with Crippen LogP contribution in [0, 0.1) is 0 Å². The number of para-hydroxylation sites is 1. The number of benzene rings is 2. The number of carboxylic acid groups (broad SMARTS) is 1. The minimum Gasteiger partial charge on any atom is -0.480 e. The lowest BCUT2D eigenvalue weighted by atomic mass is 10.0. The van der Waals surface area contributed by atoms with Gasteiger partial charge in [-0.15, -0.1) is 0 Å². The Balaban J connectivity index is 1.48. The molecule has 1 aliphatic rings. The Hall–Kier alpha value is -3.61.